The predicted molar refractivity (Wildman–Crippen MR) is 75.0 cm³/mol. The lowest BCUT2D eigenvalue weighted by molar-refractivity contribution is -0.662. The zero-order valence-corrected chi connectivity index (χ0v) is 11.2. The molecule has 2 aromatic carbocycles. The van der Waals surface area contributed by atoms with E-state index in [4.69, 9.17) is 4.74 Å². The zero-order valence-electron chi connectivity index (χ0n) is 11.2. The van der Waals surface area contributed by atoms with Crippen molar-refractivity contribution >= 4 is 0 Å². The molecule has 0 saturated heterocycles. The van der Waals surface area contributed by atoms with E-state index >= 15 is 0 Å². The molecule has 2 aromatic rings. The fourth-order valence-corrected chi connectivity index (χ4v) is 1.90. The molecule has 20 heavy (non-hydrogen) atoms. The molecule has 0 saturated carbocycles. The van der Waals surface area contributed by atoms with Gasteiger partial charge in [0.05, 0.1) is 0 Å². The van der Waals surface area contributed by atoms with Gasteiger partial charge < -0.3 is 15.2 Å². The van der Waals surface area contributed by atoms with E-state index in [-0.39, 0.29) is 11.6 Å². The van der Waals surface area contributed by atoms with Gasteiger partial charge in [-0.1, -0.05) is 42.5 Å². The van der Waals surface area contributed by atoms with Gasteiger partial charge in [-0.25, -0.2) is 4.39 Å². The van der Waals surface area contributed by atoms with Crippen molar-refractivity contribution in [3.05, 3.63) is 66.0 Å². The second-order valence-electron chi connectivity index (χ2n) is 4.52. The Morgan fingerprint density at radius 3 is 2.50 bits per heavy atom. The van der Waals surface area contributed by atoms with Crippen LogP contribution in [0.5, 0.6) is 5.75 Å². The second-order valence-corrected chi connectivity index (χ2v) is 4.52. The van der Waals surface area contributed by atoms with E-state index in [1.54, 1.807) is 18.2 Å². The predicted octanol–water partition coefficient (Wildman–Crippen LogP) is 1.50. The topological polar surface area (TPSA) is 46.1 Å². The lowest BCUT2D eigenvalue weighted by atomic mass is 10.1. The number of ether oxygens (including phenoxy) is 1. The van der Waals surface area contributed by atoms with Gasteiger partial charge in [0.1, 0.15) is 25.8 Å². The van der Waals surface area contributed by atoms with E-state index in [2.05, 4.69) is 0 Å². The largest absolute Gasteiger partial charge is 0.485 e. The molecule has 0 radical (unpaired) electrons. The minimum Gasteiger partial charge on any atom is -0.485 e. The summed E-state index contributed by atoms with van der Waals surface area (Å²) in [4.78, 5) is 0. The minimum absolute atomic E-state index is 0.268. The van der Waals surface area contributed by atoms with Crippen molar-refractivity contribution in [2.24, 2.45) is 0 Å². The van der Waals surface area contributed by atoms with Crippen LogP contribution in [0.2, 0.25) is 0 Å². The van der Waals surface area contributed by atoms with Crippen LogP contribution in [0.15, 0.2) is 54.6 Å². The maximum Gasteiger partial charge on any atom is 0.165 e. The second kappa shape index (κ2) is 7.62. The van der Waals surface area contributed by atoms with Crippen molar-refractivity contribution in [1.29, 1.82) is 0 Å². The summed E-state index contributed by atoms with van der Waals surface area (Å²) >= 11 is 0. The summed E-state index contributed by atoms with van der Waals surface area (Å²) in [6.07, 6.45) is -0.496. The maximum atomic E-state index is 13.3. The number of aliphatic hydroxyl groups is 1. The molecule has 0 unspecified atom stereocenters. The highest BCUT2D eigenvalue weighted by molar-refractivity contribution is 5.23. The average molecular weight is 276 g/mol. The van der Waals surface area contributed by atoms with Crippen molar-refractivity contribution in [1.82, 2.24) is 0 Å². The summed E-state index contributed by atoms with van der Waals surface area (Å²) in [7, 11) is 0. The van der Waals surface area contributed by atoms with Crippen molar-refractivity contribution in [3.63, 3.8) is 0 Å². The number of hydrogen-bond donors (Lipinski definition) is 2. The van der Waals surface area contributed by atoms with Gasteiger partial charge in [0.2, 0.25) is 0 Å². The number of para-hydroxylation sites is 1. The van der Waals surface area contributed by atoms with Gasteiger partial charge in [-0.05, 0) is 17.7 Å². The molecule has 2 rings (SSSR count). The Kier molecular flexibility index (Phi) is 5.53. The number of quaternary nitrogens is 1. The zero-order chi connectivity index (χ0) is 14.2. The summed E-state index contributed by atoms with van der Waals surface area (Å²) in [5.41, 5.74) is 0.902. The number of benzene rings is 2. The molecule has 3 N–H and O–H groups in total. The highest BCUT2D eigenvalue weighted by Gasteiger charge is 2.08. The SMILES string of the molecule is O[C@H](C[NH2+]CCOc1ccccc1F)c1ccccc1. The third-order valence-corrected chi connectivity index (χ3v) is 2.99. The van der Waals surface area contributed by atoms with Crippen LogP contribution in [0.25, 0.3) is 0 Å². The Bertz CT molecular complexity index is 519. The molecule has 1 atom stereocenters. The number of aliphatic hydroxyl groups excluding tert-OH is 1. The molecular weight excluding hydrogens is 257 g/mol. The average Bonchev–Trinajstić information content (AvgIpc) is 2.49. The van der Waals surface area contributed by atoms with Crippen LogP contribution in [-0.4, -0.2) is 24.8 Å². The third-order valence-electron chi connectivity index (χ3n) is 2.99. The highest BCUT2D eigenvalue weighted by atomic mass is 19.1. The first-order chi connectivity index (χ1) is 9.77. The highest BCUT2D eigenvalue weighted by Crippen LogP contribution is 2.14. The molecule has 0 aliphatic carbocycles. The first kappa shape index (κ1) is 14.5. The van der Waals surface area contributed by atoms with Crippen molar-refractivity contribution in [2.75, 3.05) is 19.7 Å². The number of nitrogens with two attached hydrogens (primary N) is 1. The van der Waals surface area contributed by atoms with E-state index in [0.29, 0.717) is 19.7 Å². The van der Waals surface area contributed by atoms with Gasteiger partial charge in [0.25, 0.3) is 0 Å². The Morgan fingerprint density at radius 2 is 1.75 bits per heavy atom. The fourth-order valence-electron chi connectivity index (χ4n) is 1.90. The molecule has 0 bridgehead atoms. The van der Waals surface area contributed by atoms with Crippen molar-refractivity contribution in [3.8, 4) is 5.75 Å². The van der Waals surface area contributed by atoms with Crippen LogP contribution in [0.1, 0.15) is 11.7 Å². The quantitative estimate of drug-likeness (QED) is 0.753. The lowest BCUT2D eigenvalue weighted by Gasteiger charge is -2.10. The first-order valence-electron chi connectivity index (χ1n) is 6.69. The number of rotatable bonds is 7. The Labute approximate surface area is 118 Å². The molecule has 0 aliphatic heterocycles. The summed E-state index contributed by atoms with van der Waals surface area (Å²) in [5, 5.41) is 11.9. The smallest absolute Gasteiger partial charge is 0.165 e. The van der Waals surface area contributed by atoms with Crippen LogP contribution < -0.4 is 10.1 Å². The standard InChI is InChI=1S/C16H18FNO2/c17-14-8-4-5-9-16(14)20-11-10-18-12-15(19)13-6-2-1-3-7-13/h1-9,15,18-19H,10-12H2/p+1/t15-/m1/s1. The Morgan fingerprint density at radius 1 is 1.05 bits per heavy atom. The minimum atomic E-state index is -0.496. The van der Waals surface area contributed by atoms with Gasteiger partial charge >= 0.3 is 0 Å². The van der Waals surface area contributed by atoms with Crippen molar-refractivity contribution in [2.45, 2.75) is 6.10 Å². The first-order valence-corrected chi connectivity index (χ1v) is 6.69. The summed E-state index contributed by atoms with van der Waals surface area (Å²) in [6.45, 7) is 1.63. The van der Waals surface area contributed by atoms with Gasteiger partial charge in [-0.3, -0.25) is 0 Å². The summed E-state index contributed by atoms with van der Waals surface area (Å²) < 4.78 is 18.6. The monoisotopic (exact) mass is 276 g/mol. The van der Waals surface area contributed by atoms with Crippen molar-refractivity contribution < 1.29 is 19.6 Å². The molecule has 0 spiro atoms. The normalized spacial score (nSPS) is 12.1. The van der Waals surface area contributed by atoms with Gasteiger partial charge in [0, 0.05) is 0 Å². The van der Waals surface area contributed by atoms with E-state index < -0.39 is 6.10 Å². The molecular formula is C16H19FNO2+. The number of halogens is 1. The van der Waals surface area contributed by atoms with Crippen LogP contribution in [0.4, 0.5) is 4.39 Å². The molecule has 0 heterocycles. The third kappa shape index (κ3) is 4.33. The molecule has 0 fully saturated rings. The van der Waals surface area contributed by atoms with Crippen LogP contribution >= 0.6 is 0 Å². The van der Waals surface area contributed by atoms with E-state index in [9.17, 15) is 9.50 Å². The van der Waals surface area contributed by atoms with Crippen LogP contribution in [0.3, 0.4) is 0 Å². The molecule has 0 aromatic heterocycles. The molecule has 0 amide bonds. The van der Waals surface area contributed by atoms with E-state index in [0.717, 1.165) is 5.56 Å². The number of hydrogen-bond acceptors (Lipinski definition) is 2. The molecule has 106 valence electrons. The van der Waals surface area contributed by atoms with Gasteiger partial charge in [0.15, 0.2) is 11.6 Å². The molecule has 0 aliphatic rings. The Balaban J connectivity index is 1.66. The summed E-state index contributed by atoms with van der Waals surface area (Å²) in [5.74, 6) is -0.0821. The fraction of sp³-hybridized carbons (Fsp3) is 0.250. The van der Waals surface area contributed by atoms with Gasteiger partial charge in [-0.15, -0.1) is 0 Å². The van der Waals surface area contributed by atoms with E-state index in [1.165, 1.54) is 6.07 Å². The molecule has 4 heteroatoms. The van der Waals surface area contributed by atoms with Crippen LogP contribution in [0, 0.1) is 5.82 Å². The van der Waals surface area contributed by atoms with E-state index in [1.807, 2.05) is 35.6 Å². The maximum absolute atomic E-state index is 13.3. The summed E-state index contributed by atoms with van der Waals surface area (Å²) in [6, 6.07) is 15.9. The Hall–Kier alpha value is -1.91. The van der Waals surface area contributed by atoms with Gasteiger partial charge in [-0.2, -0.15) is 0 Å². The van der Waals surface area contributed by atoms with Crippen LogP contribution in [-0.2, 0) is 0 Å². The lowest BCUT2D eigenvalue weighted by Crippen LogP contribution is -2.86. The molecule has 3 nitrogen and oxygen atoms in total.